The van der Waals surface area contributed by atoms with Crippen LogP contribution in [-0.4, -0.2) is 28.9 Å². The number of ketones is 1. The molecule has 188 valence electrons. The lowest BCUT2D eigenvalue weighted by Gasteiger charge is -2.26. The van der Waals surface area contributed by atoms with E-state index in [1.165, 1.54) is 10.5 Å². The second kappa shape index (κ2) is 10.1. The molecule has 37 heavy (non-hydrogen) atoms. The number of ether oxygens (including phenoxy) is 1. The minimum Gasteiger partial charge on any atom is -0.507 e. The van der Waals surface area contributed by atoms with Crippen LogP contribution in [0.4, 0.5) is 5.69 Å². The Morgan fingerprint density at radius 2 is 1.62 bits per heavy atom. The highest BCUT2D eigenvalue weighted by Gasteiger charge is 2.47. The third kappa shape index (κ3) is 4.67. The van der Waals surface area contributed by atoms with Gasteiger partial charge in [0.1, 0.15) is 5.76 Å². The third-order valence-corrected chi connectivity index (χ3v) is 6.88. The molecule has 0 saturated carbocycles. The number of fused-ring (bicyclic) bond motifs is 1. The van der Waals surface area contributed by atoms with Crippen LogP contribution in [0.25, 0.3) is 5.76 Å². The molecule has 0 aromatic heterocycles. The third-order valence-electron chi connectivity index (χ3n) is 6.88. The molecular formula is C31H29NO5. The molecule has 5 rings (SSSR count). The highest BCUT2D eigenvalue weighted by Crippen LogP contribution is 2.42. The van der Waals surface area contributed by atoms with Gasteiger partial charge in [0, 0.05) is 11.3 Å². The van der Waals surface area contributed by atoms with Gasteiger partial charge in [-0.25, -0.2) is 4.79 Å². The zero-order chi connectivity index (χ0) is 26.1. The van der Waals surface area contributed by atoms with Crippen LogP contribution in [0.1, 0.15) is 65.3 Å². The maximum atomic E-state index is 13.4. The van der Waals surface area contributed by atoms with Crippen LogP contribution < -0.4 is 4.90 Å². The van der Waals surface area contributed by atoms with Crippen molar-refractivity contribution in [3.8, 4) is 0 Å². The van der Waals surface area contributed by atoms with Crippen LogP contribution in [0.5, 0.6) is 0 Å². The quantitative estimate of drug-likeness (QED) is 0.211. The fourth-order valence-electron chi connectivity index (χ4n) is 5.15. The number of aliphatic hydroxyl groups is 1. The molecule has 1 saturated heterocycles. The van der Waals surface area contributed by atoms with Crippen LogP contribution in [0.3, 0.4) is 0 Å². The molecule has 1 aliphatic heterocycles. The van der Waals surface area contributed by atoms with Crippen LogP contribution in [0.15, 0.2) is 78.4 Å². The van der Waals surface area contributed by atoms with Gasteiger partial charge in [0.25, 0.3) is 11.7 Å². The maximum Gasteiger partial charge on any atom is 0.338 e. The number of nitrogens with zero attached hydrogens (tertiary/aromatic N) is 1. The summed E-state index contributed by atoms with van der Waals surface area (Å²) in [6.07, 6.45) is 3.85. The fourth-order valence-corrected chi connectivity index (χ4v) is 5.15. The summed E-state index contributed by atoms with van der Waals surface area (Å²) in [5.41, 5.74) is 4.30. The molecule has 0 bridgehead atoms. The highest BCUT2D eigenvalue weighted by atomic mass is 16.5. The number of benzene rings is 3. The van der Waals surface area contributed by atoms with Crippen molar-refractivity contribution in [3.63, 3.8) is 0 Å². The molecule has 6 heteroatoms. The lowest BCUT2D eigenvalue weighted by Crippen LogP contribution is -2.29. The number of anilines is 1. The van der Waals surface area contributed by atoms with Gasteiger partial charge >= 0.3 is 5.97 Å². The standard InChI is InChI=1S/C31H29NO5/c1-19(2)37-31(36)24-13-8-14-25(18-24)32-27(21-10-4-3-5-11-21)26(29(34)30(32)35)28(33)23-16-15-20-9-6-7-12-22(20)17-23/h3-5,8,10-11,13-19,27,33H,6-7,9,12H2,1-2H3/b28-26-. The minimum atomic E-state index is -0.853. The molecule has 3 aromatic carbocycles. The second-order valence-corrected chi connectivity index (χ2v) is 9.77. The normalized spacial score (nSPS) is 18.7. The summed E-state index contributed by atoms with van der Waals surface area (Å²) in [5, 5.41) is 11.5. The van der Waals surface area contributed by atoms with E-state index < -0.39 is 23.7 Å². The molecule has 0 spiro atoms. The summed E-state index contributed by atoms with van der Waals surface area (Å²) in [4.78, 5) is 40.8. The van der Waals surface area contributed by atoms with Gasteiger partial charge in [0.2, 0.25) is 0 Å². The first-order chi connectivity index (χ1) is 17.8. The molecule has 0 radical (unpaired) electrons. The van der Waals surface area contributed by atoms with Crippen molar-refractivity contribution in [3.05, 3.63) is 106 Å². The average Bonchev–Trinajstić information content (AvgIpc) is 3.18. The van der Waals surface area contributed by atoms with Crippen LogP contribution in [0, 0.1) is 0 Å². The first-order valence-corrected chi connectivity index (χ1v) is 12.6. The summed E-state index contributed by atoms with van der Waals surface area (Å²) in [7, 11) is 0. The van der Waals surface area contributed by atoms with Gasteiger partial charge < -0.3 is 9.84 Å². The van der Waals surface area contributed by atoms with Gasteiger partial charge in [-0.2, -0.15) is 0 Å². The monoisotopic (exact) mass is 495 g/mol. The Morgan fingerprint density at radius 3 is 2.35 bits per heavy atom. The van der Waals surface area contributed by atoms with E-state index in [1.807, 2.05) is 48.5 Å². The van der Waals surface area contributed by atoms with Crippen molar-refractivity contribution >= 4 is 29.1 Å². The van der Waals surface area contributed by atoms with E-state index >= 15 is 0 Å². The molecule has 1 N–H and O–H groups in total. The van der Waals surface area contributed by atoms with E-state index in [2.05, 4.69) is 0 Å². The Kier molecular flexibility index (Phi) is 6.66. The first kappa shape index (κ1) is 24.5. The summed E-state index contributed by atoms with van der Waals surface area (Å²) in [6, 6.07) is 20.5. The molecular weight excluding hydrogens is 466 g/mol. The molecule has 1 atom stereocenters. The SMILES string of the molecule is CC(C)OC(=O)c1cccc(N2C(=O)C(=O)/C(=C(\O)c3ccc4c(c3)CCCC4)C2c2ccccc2)c1. The number of aliphatic hydroxyl groups excluding tert-OH is 1. The van der Waals surface area contributed by atoms with E-state index in [-0.39, 0.29) is 23.0 Å². The van der Waals surface area contributed by atoms with Gasteiger partial charge in [0.05, 0.1) is 23.3 Å². The fraction of sp³-hybridized carbons (Fsp3) is 0.258. The lowest BCUT2D eigenvalue weighted by atomic mass is 9.88. The molecule has 1 amide bonds. The Hall–Kier alpha value is -4.19. The highest BCUT2D eigenvalue weighted by molar-refractivity contribution is 6.51. The van der Waals surface area contributed by atoms with Gasteiger partial charge in [-0.15, -0.1) is 0 Å². The average molecular weight is 496 g/mol. The zero-order valence-corrected chi connectivity index (χ0v) is 20.9. The van der Waals surface area contributed by atoms with Gasteiger partial charge in [0.15, 0.2) is 0 Å². The molecule has 1 fully saturated rings. The number of hydrogen-bond donors (Lipinski definition) is 1. The second-order valence-electron chi connectivity index (χ2n) is 9.77. The first-order valence-electron chi connectivity index (χ1n) is 12.6. The Balaban J connectivity index is 1.64. The Morgan fingerprint density at radius 1 is 0.892 bits per heavy atom. The Bertz CT molecular complexity index is 1410. The summed E-state index contributed by atoms with van der Waals surface area (Å²) >= 11 is 0. The van der Waals surface area contributed by atoms with Crippen molar-refractivity contribution in [2.75, 3.05) is 4.90 Å². The van der Waals surface area contributed by atoms with Crippen molar-refractivity contribution in [1.29, 1.82) is 0 Å². The smallest absolute Gasteiger partial charge is 0.338 e. The minimum absolute atomic E-state index is 0.0297. The Labute approximate surface area is 216 Å². The predicted octanol–water partition coefficient (Wildman–Crippen LogP) is 5.76. The van der Waals surface area contributed by atoms with Gasteiger partial charge in [-0.3, -0.25) is 14.5 Å². The summed E-state index contributed by atoms with van der Waals surface area (Å²) < 4.78 is 5.32. The largest absolute Gasteiger partial charge is 0.507 e. The van der Waals surface area contributed by atoms with E-state index in [1.54, 1.807) is 38.1 Å². The number of carbonyl (C=O) groups excluding carboxylic acids is 3. The van der Waals surface area contributed by atoms with Crippen molar-refractivity contribution in [1.82, 2.24) is 0 Å². The molecule has 2 aliphatic rings. The van der Waals surface area contributed by atoms with Crippen molar-refractivity contribution in [2.45, 2.75) is 51.7 Å². The number of rotatable bonds is 5. The molecule has 1 heterocycles. The number of hydrogen-bond acceptors (Lipinski definition) is 5. The maximum absolute atomic E-state index is 13.4. The topological polar surface area (TPSA) is 83.9 Å². The summed E-state index contributed by atoms with van der Waals surface area (Å²) in [6.45, 7) is 3.52. The molecule has 3 aromatic rings. The summed E-state index contributed by atoms with van der Waals surface area (Å²) in [5.74, 6) is -2.24. The van der Waals surface area contributed by atoms with Crippen LogP contribution >= 0.6 is 0 Å². The number of amides is 1. The lowest BCUT2D eigenvalue weighted by molar-refractivity contribution is -0.132. The van der Waals surface area contributed by atoms with Gasteiger partial charge in [-0.1, -0.05) is 48.5 Å². The number of carbonyl (C=O) groups is 3. The van der Waals surface area contributed by atoms with Crippen LogP contribution in [0.2, 0.25) is 0 Å². The van der Waals surface area contributed by atoms with E-state index in [9.17, 15) is 19.5 Å². The van der Waals surface area contributed by atoms with Crippen molar-refractivity contribution in [2.24, 2.45) is 0 Å². The molecule has 1 unspecified atom stereocenters. The predicted molar refractivity (Wildman–Crippen MR) is 141 cm³/mol. The number of aryl methyl sites for hydroxylation is 2. The van der Waals surface area contributed by atoms with E-state index in [0.29, 0.717) is 16.8 Å². The number of Topliss-reactive ketones (excluding diaryl/α,β-unsaturated/α-hetero) is 1. The van der Waals surface area contributed by atoms with Crippen LogP contribution in [-0.2, 0) is 27.2 Å². The van der Waals surface area contributed by atoms with Gasteiger partial charge in [-0.05, 0) is 80.5 Å². The molecule has 1 aliphatic carbocycles. The van der Waals surface area contributed by atoms with E-state index in [0.717, 1.165) is 31.2 Å². The van der Waals surface area contributed by atoms with Crippen molar-refractivity contribution < 1.29 is 24.2 Å². The molecule has 6 nitrogen and oxygen atoms in total. The van der Waals surface area contributed by atoms with E-state index in [4.69, 9.17) is 4.74 Å². The zero-order valence-electron chi connectivity index (χ0n) is 20.9. The number of esters is 1.